The molecule has 1 aromatic carbocycles. The van der Waals surface area contributed by atoms with E-state index in [0.29, 0.717) is 10.9 Å². The van der Waals surface area contributed by atoms with Crippen LogP contribution in [0.1, 0.15) is 0 Å². The van der Waals surface area contributed by atoms with E-state index in [4.69, 9.17) is 22.2 Å². The van der Waals surface area contributed by atoms with E-state index in [9.17, 15) is 10.1 Å². The molecule has 0 saturated heterocycles. The average Bonchev–Trinajstić information content (AvgIpc) is 2.16. The molecule has 0 aromatic heterocycles. The number of halogens is 1. The monoisotopic (exact) mass is 233 g/mol. The molecule has 82 valence electrons. The van der Waals surface area contributed by atoms with Crippen molar-refractivity contribution >= 4 is 17.3 Å². The molecule has 0 heterocycles. The predicted molar refractivity (Wildman–Crippen MR) is 52.7 cm³/mol. The Hall–Kier alpha value is -1.73. The minimum atomic E-state index is -1.04. The maximum absolute atomic E-state index is 10.0. The Labute approximate surface area is 90.0 Å². The molecule has 0 spiro atoms. The standard InChI is InChI=1S/C7H8ClN3O4/c1-14-5-2-3-7(6(8)4-5)10(9)15-11(12)13/h2-4H,9H2,1H3. The summed E-state index contributed by atoms with van der Waals surface area (Å²) in [5.74, 6) is 5.74. The van der Waals surface area contributed by atoms with E-state index in [-0.39, 0.29) is 10.7 Å². The highest BCUT2D eigenvalue weighted by Gasteiger charge is 2.11. The van der Waals surface area contributed by atoms with Crippen LogP contribution in [0.3, 0.4) is 0 Å². The minimum absolute atomic E-state index is 0.161. The van der Waals surface area contributed by atoms with Gasteiger partial charge in [-0.3, -0.25) is 0 Å². The molecule has 2 N–H and O–H groups in total. The van der Waals surface area contributed by atoms with Crippen LogP contribution in [0.5, 0.6) is 5.75 Å². The summed E-state index contributed by atoms with van der Waals surface area (Å²) in [5.41, 5.74) is 0.161. The zero-order valence-corrected chi connectivity index (χ0v) is 8.47. The smallest absolute Gasteiger partial charge is 0.318 e. The van der Waals surface area contributed by atoms with Gasteiger partial charge in [0.15, 0.2) is 0 Å². The quantitative estimate of drug-likeness (QED) is 0.477. The Morgan fingerprint density at radius 1 is 1.60 bits per heavy atom. The summed E-state index contributed by atoms with van der Waals surface area (Å²) in [4.78, 5) is 14.0. The zero-order valence-electron chi connectivity index (χ0n) is 7.71. The molecule has 0 bridgehead atoms. The second-order valence-corrected chi connectivity index (χ2v) is 2.86. The van der Waals surface area contributed by atoms with E-state index in [2.05, 4.69) is 4.94 Å². The van der Waals surface area contributed by atoms with E-state index in [1.807, 2.05) is 0 Å². The molecule has 0 radical (unpaired) electrons. The van der Waals surface area contributed by atoms with Gasteiger partial charge >= 0.3 is 5.09 Å². The second-order valence-electron chi connectivity index (χ2n) is 2.45. The number of rotatable bonds is 4. The van der Waals surface area contributed by atoms with Crippen LogP contribution in [0, 0.1) is 10.1 Å². The lowest BCUT2D eigenvalue weighted by molar-refractivity contribution is -0.762. The van der Waals surface area contributed by atoms with Crippen LogP contribution in [0.4, 0.5) is 5.69 Å². The third-order valence-corrected chi connectivity index (χ3v) is 1.85. The molecule has 0 amide bonds. The molecule has 8 heteroatoms. The van der Waals surface area contributed by atoms with Gasteiger partial charge in [0.1, 0.15) is 11.4 Å². The lowest BCUT2D eigenvalue weighted by Gasteiger charge is -2.15. The van der Waals surface area contributed by atoms with Gasteiger partial charge in [0.25, 0.3) is 0 Å². The Kier molecular flexibility index (Phi) is 3.53. The molecule has 1 rings (SSSR count). The summed E-state index contributed by atoms with van der Waals surface area (Å²) in [5, 5.41) is 9.61. The highest BCUT2D eigenvalue weighted by Crippen LogP contribution is 2.28. The van der Waals surface area contributed by atoms with Crippen molar-refractivity contribution in [3.05, 3.63) is 33.3 Å². The lowest BCUT2D eigenvalue weighted by atomic mass is 10.3. The number of hydrazine groups is 1. The van der Waals surface area contributed by atoms with Crippen molar-refractivity contribution in [2.45, 2.75) is 0 Å². The van der Waals surface area contributed by atoms with Gasteiger partial charge in [0.2, 0.25) is 0 Å². The maximum atomic E-state index is 10.0. The van der Waals surface area contributed by atoms with Crippen LogP contribution in [0.25, 0.3) is 0 Å². The summed E-state index contributed by atoms with van der Waals surface area (Å²) < 4.78 is 4.89. The number of anilines is 1. The van der Waals surface area contributed by atoms with E-state index < -0.39 is 5.09 Å². The van der Waals surface area contributed by atoms with Crippen molar-refractivity contribution in [2.24, 2.45) is 5.84 Å². The van der Waals surface area contributed by atoms with Gasteiger partial charge < -0.3 is 4.74 Å². The van der Waals surface area contributed by atoms with E-state index in [1.54, 1.807) is 6.07 Å². The molecule has 0 fully saturated rings. The first-order chi connectivity index (χ1) is 7.04. The van der Waals surface area contributed by atoms with Gasteiger partial charge in [-0.05, 0) is 12.1 Å². The first-order valence-corrected chi connectivity index (χ1v) is 4.13. The molecule has 0 unspecified atom stereocenters. The summed E-state index contributed by atoms with van der Waals surface area (Å²) in [7, 11) is 1.47. The van der Waals surface area contributed by atoms with Crippen LogP contribution in [0.15, 0.2) is 18.2 Å². The molecule has 1 aromatic rings. The topological polar surface area (TPSA) is 90.9 Å². The largest absolute Gasteiger partial charge is 0.497 e. The van der Waals surface area contributed by atoms with Crippen LogP contribution in [-0.2, 0) is 4.94 Å². The first-order valence-electron chi connectivity index (χ1n) is 3.75. The fourth-order valence-corrected chi connectivity index (χ4v) is 1.16. The molecule has 15 heavy (non-hydrogen) atoms. The number of nitrogens with zero attached hydrogens (tertiary/aromatic N) is 2. The average molecular weight is 234 g/mol. The highest BCUT2D eigenvalue weighted by molar-refractivity contribution is 6.33. The van der Waals surface area contributed by atoms with Crippen molar-refractivity contribution < 1.29 is 14.8 Å². The van der Waals surface area contributed by atoms with E-state index in [1.165, 1.54) is 19.2 Å². The minimum Gasteiger partial charge on any atom is -0.497 e. The number of benzene rings is 1. The molecular weight excluding hydrogens is 226 g/mol. The number of hydrogen-bond donors (Lipinski definition) is 1. The second kappa shape index (κ2) is 4.67. The Morgan fingerprint density at radius 2 is 2.27 bits per heavy atom. The van der Waals surface area contributed by atoms with E-state index >= 15 is 0 Å². The van der Waals surface area contributed by atoms with E-state index in [0.717, 1.165) is 0 Å². The molecular formula is C7H8ClN3O4. The Morgan fingerprint density at radius 3 is 2.73 bits per heavy atom. The number of hydrogen-bond acceptors (Lipinski definition) is 6. The lowest BCUT2D eigenvalue weighted by Crippen LogP contribution is -2.33. The summed E-state index contributed by atoms with van der Waals surface area (Å²) in [6.07, 6.45) is 0. The van der Waals surface area contributed by atoms with Crippen molar-refractivity contribution in [2.75, 3.05) is 12.3 Å². The highest BCUT2D eigenvalue weighted by atomic mass is 35.5. The third kappa shape index (κ3) is 2.86. The summed E-state index contributed by atoms with van der Waals surface area (Å²) >= 11 is 5.78. The van der Waals surface area contributed by atoms with Gasteiger partial charge in [-0.1, -0.05) is 11.6 Å². The Bertz CT molecular complexity index is 373. The summed E-state index contributed by atoms with van der Waals surface area (Å²) in [6, 6.07) is 4.44. The maximum Gasteiger partial charge on any atom is 0.318 e. The molecule has 7 nitrogen and oxygen atoms in total. The van der Waals surface area contributed by atoms with Gasteiger partial charge in [0, 0.05) is 6.07 Å². The van der Waals surface area contributed by atoms with Crippen LogP contribution < -0.4 is 15.8 Å². The first kappa shape index (κ1) is 11.3. The van der Waals surface area contributed by atoms with Gasteiger partial charge in [-0.25, -0.2) is 5.84 Å². The number of ether oxygens (including phenoxy) is 1. The fourth-order valence-electron chi connectivity index (χ4n) is 0.909. The third-order valence-electron chi connectivity index (χ3n) is 1.55. The van der Waals surface area contributed by atoms with Crippen LogP contribution in [0.2, 0.25) is 5.02 Å². The van der Waals surface area contributed by atoms with Crippen molar-refractivity contribution in [1.82, 2.24) is 0 Å². The summed E-state index contributed by atoms with van der Waals surface area (Å²) in [6.45, 7) is 0. The van der Waals surface area contributed by atoms with Crippen LogP contribution >= 0.6 is 11.6 Å². The number of nitrogens with two attached hydrogens (primary N) is 1. The number of methoxy groups -OCH3 is 1. The zero-order chi connectivity index (χ0) is 11.4. The fraction of sp³-hybridized carbons (Fsp3) is 0.143. The van der Waals surface area contributed by atoms with Crippen molar-refractivity contribution in [3.63, 3.8) is 0 Å². The van der Waals surface area contributed by atoms with Crippen LogP contribution in [-0.4, -0.2) is 12.2 Å². The molecule has 0 aliphatic heterocycles. The van der Waals surface area contributed by atoms with Crippen molar-refractivity contribution in [1.29, 1.82) is 0 Å². The SMILES string of the molecule is COc1ccc(N(N)O[N+](=O)[O-])c(Cl)c1. The van der Waals surface area contributed by atoms with Gasteiger partial charge in [0.05, 0.1) is 12.1 Å². The Balaban J connectivity index is 2.90. The normalized spacial score (nSPS) is 9.53. The van der Waals surface area contributed by atoms with Crippen molar-refractivity contribution in [3.8, 4) is 5.75 Å². The molecule has 0 aliphatic carbocycles. The predicted octanol–water partition coefficient (Wildman–Crippen LogP) is 1.15. The molecule has 0 saturated carbocycles. The van der Waals surface area contributed by atoms with Gasteiger partial charge in [-0.2, -0.15) is 4.94 Å². The molecule has 0 aliphatic rings. The van der Waals surface area contributed by atoms with Gasteiger partial charge in [-0.15, -0.1) is 15.3 Å². The molecule has 0 atom stereocenters.